The van der Waals surface area contributed by atoms with E-state index in [4.69, 9.17) is 4.42 Å². The fourth-order valence-electron chi connectivity index (χ4n) is 2.47. The molecule has 0 spiro atoms. The Balaban J connectivity index is 2.05. The summed E-state index contributed by atoms with van der Waals surface area (Å²) in [7, 11) is 0. The first kappa shape index (κ1) is 10.7. The zero-order valence-electron chi connectivity index (χ0n) is 10.0. The van der Waals surface area contributed by atoms with Crippen LogP contribution < -0.4 is 0 Å². The number of nitrogens with zero attached hydrogens (tertiary/aromatic N) is 1. The van der Waals surface area contributed by atoms with Gasteiger partial charge in [0.2, 0.25) is 0 Å². The van der Waals surface area contributed by atoms with Crippen LogP contribution in [0.4, 0.5) is 0 Å². The quantitative estimate of drug-likeness (QED) is 0.649. The minimum atomic E-state index is 0.510. The fourth-order valence-corrected chi connectivity index (χ4v) is 2.47. The second-order valence-corrected chi connectivity index (χ2v) is 5.62. The summed E-state index contributed by atoms with van der Waals surface area (Å²) in [5.74, 6) is 1.52. The molecule has 1 saturated carbocycles. The van der Waals surface area contributed by atoms with E-state index in [1.165, 1.54) is 32.1 Å². The molecule has 1 fully saturated rings. The van der Waals surface area contributed by atoms with Crippen LogP contribution >= 0.6 is 0 Å². The summed E-state index contributed by atoms with van der Waals surface area (Å²) >= 11 is 0. The van der Waals surface area contributed by atoms with Crippen molar-refractivity contribution in [2.45, 2.75) is 58.8 Å². The molecule has 2 rings (SSSR count). The lowest BCUT2D eigenvalue weighted by atomic mass is 9.85. The van der Waals surface area contributed by atoms with Crippen LogP contribution in [0, 0.1) is 12.3 Å². The van der Waals surface area contributed by atoms with E-state index < -0.39 is 0 Å². The fraction of sp³-hybridized carbons (Fsp3) is 0.769. The van der Waals surface area contributed by atoms with Crippen LogP contribution in [-0.2, 0) is 0 Å². The minimum absolute atomic E-state index is 0.510. The number of hydrogen-bond donors (Lipinski definition) is 0. The van der Waals surface area contributed by atoms with Gasteiger partial charge in [-0.1, -0.05) is 20.3 Å². The standard InChI is InChI=1S/C13H21NO/c1-10-9-15-12(14-10)11-5-4-7-13(2,3)8-6-11/h9,11H,4-8H2,1-3H3. The van der Waals surface area contributed by atoms with Gasteiger partial charge < -0.3 is 4.42 Å². The molecule has 0 bridgehead atoms. The molecule has 1 aromatic heterocycles. The molecule has 1 aliphatic rings. The van der Waals surface area contributed by atoms with E-state index >= 15 is 0 Å². The molecule has 1 heterocycles. The van der Waals surface area contributed by atoms with Crippen molar-refractivity contribution >= 4 is 0 Å². The predicted molar refractivity (Wildman–Crippen MR) is 60.8 cm³/mol. The molecule has 0 N–H and O–H groups in total. The first-order chi connectivity index (χ1) is 7.07. The van der Waals surface area contributed by atoms with Gasteiger partial charge in [-0.3, -0.25) is 0 Å². The van der Waals surface area contributed by atoms with Crippen LogP contribution in [0.2, 0.25) is 0 Å². The summed E-state index contributed by atoms with van der Waals surface area (Å²) in [6.45, 7) is 6.74. The Morgan fingerprint density at radius 1 is 1.33 bits per heavy atom. The summed E-state index contributed by atoms with van der Waals surface area (Å²) in [4.78, 5) is 4.46. The molecular weight excluding hydrogens is 186 g/mol. The topological polar surface area (TPSA) is 26.0 Å². The van der Waals surface area contributed by atoms with E-state index in [2.05, 4.69) is 18.8 Å². The number of aryl methyl sites for hydroxylation is 1. The normalized spacial score (nSPS) is 26.2. The first-order valence-electron chi connectivity index (χ1n) is 5.99. The molecule has 0 aliphatic heterocycles. The van der Waals surface area contributed by atoms with Gasteiger partial charge in [-0.15, -0.1) is 0 Å². The third-order valence-electron chi connectivity index (χ3n) is 3.56. The molecule has 1 aromatic rings. The second-order valence-electron chi connectivity index (χ2n) is 5.62. The van der Waals surface area contributed by atoms with E-state index in [1.54, 1.807) is 6.26 Å². The number of aromatic nitrogens is 1. The van der Waals surface area contributed by atoms with E-state index in [0.29, 0.717) is 11.3 Å². The van der Waals surface area contributed by atoms with Gasteiger partial charge in [-0.2, -0.15) is 0 Å². The van der Waals surface area contributed by atoms with Crippen molar-refractivity contribution in [3.8, 4) is 0 Å². The highest BCUT2D eigenvalue weighted by Gasteiger charge is 2.27. The third kappa shape index (κ3) is 2.61. The zero-order chi connectivity index (χ0) is 10.9. The van der Waals surface area contributed by atoms with Crippen LogP contribution in [0.1, 0.15) is 63.5 Å². The maximum Gasteiger partial charge on any atom is 0.197 e. The molecule has 0 amide bonds. The number of hydrogen-bond acceptors (Lipinski definition) is 2. The van der Waals surface area contributed by atoms with Crippen LogP contribution in [-0.4, -0.2) is 4.98 Å². The molecule has 1 aliphatic carbocycles. The highest BCUT2D eigenvalue weighted by atomic mass is 16.3. The van der Waals surface area contributed by atoms with Crippen molar-refractivity contribution in [1.29, 1.82) is 0 Å². The van der Waals surface area contributed by atoms with Crippen LogP contribution in [0.15, 0.2) is 10.7 Å². The SMILES string of the molecule is Cc1coc(C2CCCC(C)(C)CC2)n1. The maximum absolute atomic E-state index is 5.52. The van der Waals surface area contributed by atoms with Gasteiger partial charge in [0.25, 0.3) is 0 Å². The van der Waals surface area contributed by atoms with Crippen LogP contribution in [0.3, 0.4) is 0 Å². The Bertz CT molecular complexity index is 327. The minimum Gasteiger partial charge on any atom is -0.448 e. The third-order valence-corrected chi connectivity index (χ3v) is 3.56. The monoisotopic (exact) mass is 207 g/mol. The average Bonchev–Trinajstić information content (AvgIpc) is 2.49. The summed E-state index contributed by atoms with van der Waals surface area (Å²) in [5.41, 5.74) is 1.52. The average molecular weight is 207 g/mol. The summed E-state index contributed by atoms with van der Waals surface area (Å²) in [6, 6.07) is 0. The van der Waals surface area contributed by atoms with Crippen molar-refractivity contribution in [3.05, 3.63) is 17.8 Å². The van der Waals surface area contributed by atoms with Gasteiger partial charge in [0.1, 0.15) is 6.26 Å². The van der Waals surface area contributed by atoms with Gasteiger partial charge in [0.15, 0.2) is 5.89 Å². The molecule has 1 unspecified atom stereocenters. The van der Waals surface area contributed by atoms with Crippen molar-refractivity contribution in [1.82, 2.24) is 4.98 Å². The Labute approximate surface area is 92.1 Å². The molecule has 84 valence electrons. The van der Waals surface area contributed by atoms with E-state index in [9.17, 15) is 0 Å². The highest BCUT2D eigenvalue weighted by molar-refractivity contribution is 5.00. The van der Waals surface area contributed by atoms with E-state index in [1.807, 2.05) is 6.92 Å². The van der Waals surface area contributed by atoms with Gasteiger partial charge in [-0.05, 0) is 38.0 Å². The first-order valence-corrected chi connectivity index (χ1v) is 5.99. The van der Waals surface area contributed by atoms with Gasteiger partial charge in [-0.25, -0.2) is 4.98 Å². The highest BCUT2D eigenvalue weighted by Crippen LogP contribution is 2.39. The van der Waals surface area contributed by atoms with E-state index in [-0.39, 0.29) is 0 Å². The molecule has 0 aromatic carbocycles. The Morgan fingerprint density at radius 2 is 2.13 bits per heavy atom. The molecule has 0 radical (unpaired) electrons. The van der Waals surface area contributed by atoms with Gasteiger partial charge in [0, 0.05) is 5.92 Å². The smallest absolute Gasteiger partial charge is 0.197 e. The molecule has 1 atom stereocenters. The Hall–Kier alpha value is -0.790. The maximum atomic E-state index is 5.52. The Kier molecular flexibility index (Phi) is 2.85. The summed E-state index contributed by atoms with van der Waals surface area (Å²) in [6.07, 6.45) is 8.17. The van der Waals surface area contributed by atoms with Crippen molar-refractivity contribution in [2.75, 3.05) is 0 Å². The zero-order valence-corrected chi connectivity index (χ0v) is 10.0. The van der Waals surface area contributed by atoms with Crippen molar-refractivity contribution in [2.24, 2.45) is 5.41 Å². The lowest BCUT2D eigenvalue weighted by Crippen LogP contribution is -2.08. The van der Waals surface area contributed by atoms with Crippen LogP contribution in [0.5, 0.6) is 0 Å². The molecular formula is C13H21NO. The predicted octanol–water partition coefficient (Wildman–Crippen LogP) is 4.06. The lowest BCUT2D eigenvalue weighted by Gasteiger charge is -2.21. The largest absolute Gasteiger partial charge is 0.448 e. The van der Waals surface area contributed by atoms with Crippen molar-refractivity contribution < 1.29 is 4.42 Å². The molecule has 2 nitrogen and oxygen atoms in total. The van der Waals surface area contributed by atoms with Crippen molar-refractivity contribution in [3.63, 3.8) is 0 Å². The summed E-state index contributed by atoms with van der Waals surface area (Å²) < 4.78 is 5.52. The Morgan fingerprint density at radius 3 is 2.80 bits per heavy atom. The molecule has 15 heavy (non-hydrogen) atoms. The summed E-state index contributed by atoms with van der Waals surface area (Å²) in [5, 5.41) is 0. The molecule has 2 heteroatoms. The van der Waals surface area contributed by atoms with Crippen LogP contribution in [0.25, 0.3) is 0 Å². The lowest BCUT2D eigenvalue weighted by molar-refractivity contribution is 0.310. The van der Waals surface area contributed by atoms with Gasteiger partial charge >= 0.3 is 0 Å². The van der Waals surface area contributed by atoms with Gasteiger partial charge in [0.05, 0.1) is 5.69 Å². The number of rotatable bonds is 1. The number of oxazole rings is 1. The second kappa shape index (κ2) is 3.99. The molecule has 0 saturated heterocycles. The van der Waals surface area contributed by atoms with E-state index in [0.717, 1.165) is 11.6 Å².